The molecule has 3 aliphatic rings. The molecule has 3 rings (SSSR count). The van der Waals surface area contributed by atoms with Crippen molar-refractivity contribution in [2.45, 2.75) is 31.7 Å². The number of nitrogens with zero attached hydrogens (tertiary/aromatic N) is 2. The summed E-state index contributed by atoms with van der Waals surface area (Å²) >= 11 is 0. The van der Waals surface area contributed by atoms with Crippen LogP contribution in [0.2, 0.25) is 0 Å². The van der Waals surface area contributed by atoms with Crippen molar-refractivity contribution < 1.29 is 12.6 Å². The van der Waals surface area contributed by atoms with Crippen molar-refractivity contribution >= 4 is 10.1 Å². The summed E-state index contributed by atoms with van der Waals surface area (Å²) in [6.07, 6.45) is 4.33. The molecule has 19 heavy (non-hydrogen) atoms. The van der Waals surface area contributed by atoms with Crippen molar-refractivity contribution in [1.82, 2.24) is 9.80 Å². The molecular weight excluding hydrogens is 264 g/mol. The van der Waals surface area contributed by atoms with E-state index in [4.69, 9.17) is 4.18 Å². The van der Waals surface area contributed by atoms with E-state index in [1.54, 1.807) is 0 Å². The van der Waals surface area contributed by atoms with Gasteiger partial charge in [-0.25, -0.2) is 0 Å². The van der Waals surface area contributed by atoms with Crippen molar-refractivity contribution in [3.63, 3.8) is 0 Å². The first kappa shape index (κ1) is 13.4. The Labute approximate surface area is 115 Å². The second-order valence-electron chi connectivity index (χ2n) is 5.86. The van der Waals surface area contributed by atoms with Crippen LogP contribution in [-0.2, 0) is 14.3 Å². The molecule has 1 atom stereocenters. The van der Waals surface area contributed by atoms with Gasteiger partial charge >= 0.3 is 10.1 Å². The van der Waals surface area contributed by atoms with Gasteiger partial charge in [-0.2, -0.15) is 8.42 Å². The number of likely N-dealkylation sites (N-methyl/N-ethyl adjacent to an activating group) is 1. The van der Waals surface area contributed by atoms with Crippen LogP contribution in [-0.4, -0.2) is 63.2 Å². The third kappa shape index (κ3) is 2.80. The lowest BCUT2D eigenvalue weighted by Gasteiger charge is -2.41. The zero-order valence-corrected chi connectivity index (χ0v) is 12.3. The number of likely N-dealkylation sites (tertiary alicyclic amines) is 1. The molecule has 0 aromatic heterocycles. The molecule has 0 aliphatic carbocycles. The zero-order chi connectivity index (χ0) is 13.5. The largest absolute Gasteiger partial charge is 0.387 e. The minimum atomic E-state index is -3.39. The summed E-state index contributed by atoms with van der Waals surface area (Å²) in [6.45, 7) is 3.74. The molecule has 0 aromatic rings. The van der Waals surface area contributed by atoms with E-state index in [0.717, 1.165) is 38.4 Å². The van der Waals surface area contributed by atoms with Crippen LogP contribution >= 0.6 is 0 Å². The molecule has 1 fully saturated rings. The third-order valence-electron chi connectivity index (χ3n) is 4.34. The first-order chi connectivity index (χ1) is 9.05. The van der Waals surface area contributed by atoms with E-state index in [-0.39, 0.29) is 11.8 Å². The van der Waals surface area contributed by atoms with Gasteiger partial charge < -0.3 is 9.08 Å². The van der Waals surface area contributed by atoms with E-state index in [2.05, 4.69) is 16.8 Å². The highest BCUT2D eigenvalue weighted by molar-refractivity contribution is 7.86. The van der Waals surface area contributed by atoms with Gasteiger partial charge in [-0.05, 0) is 33.0 Å². The summed E-state index contributed by atoms with van der Waals surface area (Å²) in [5.41, 5.74) is 1.20. The van der Waals surface area contributed by atoms with Gasteiger partial charge in [-0.1, -0.05) is 6.42 Å². The van der Waals surface area contributed by atoms with Gasteiger partial charge in [0.05, 0.1) is 6.04 Å². The van der Waals surface area contributed by atoms with Crippen molar-refractivity contribution in [3.05, 3.63) is 11.3 Å². The molecule has 6 heteroatoms. The normalized spacial score (nSPS) is 32.8. The molecule has 3 aliphatic heterocycles. The molecule has 1 saturated heterocycles. The van der Waals surface area contributed by atoms with Crippen molar-refractivity contribution in [1.29, 1.82) is 0 Å². The second-order valence-corrected chi connectivity index (χ2v) is 7.47. The van der Waals surface area contributed by atoms with Crippen LogP contribution in [0.1, 0.15) is 25.7 Å². The van der Waals surface area contributed by atoms with E-state index in [9.17, 15) is 8.42 Å². The zero-order valence-electron chi connectivity index (χ0n) is 11.5. The standard InChI is InChI=1S/C13H22N2O3S/c1-14-8-5-13-11(9-14)12(10-19(16,17)18-13)15-6-3-2-4-7-15/h12H,2-10H2,1H3. The van der Waals surface area contributed by atoms with Crippen LogP contribution in [0.25, 0.3) is 0 Å². The van der Waals surface area contributed by atoms with E-state index >= 15 is 0 Å². The van der Waals surface area contributed by atoms with Gasteiger partial charge in [0.1, 0.15) is 11.5 Å². The lowest BCUT2D eigenvalue weighted by Crippen LogP contribution is -2.50. The summed E-state index contributed by atoms with van der Waals surface area (Å²) in [6, 6.07) is 0.0387. The van der Waals surface area contributed by atoms with Crippen LogP contribution in [0.15, 0.2) is 11.3 Å². The number of hydrogen-bond donors (Lipinski definition) is 0. The smallest absolute Gasteiger partial charge is 0.310 e. The first-order valence-corrected chi connectivity index (χ1v) is 8.69. The van der Waals surface area contributed by atoms with Gasteiger partial charge in [0.15, 0.2) is 0 Å². The van der Waals surface area contributed by atoms with Gasteiger partial charge in [0, 0.05) is 25.1 Å². The highest BCUT2D eigenvalue weighted by Crippen LogP contribution is 2.32. The topological polar surface area (TPSA) is 49.9 Å². The maximum atomic E-state index is 11.9. The number of rotatable bonds is 1. The maximum Gasteiger partial charge on any atom is 0.310 e. The Morgan fingerprint density at radius 2 is 1.89 bits per heavy atom. The summed E-state index contributed by atoms with van der Waals surface area (Å²) < 4.78 is 29.1. The average Bonchev–Trinajstić information content (AvgIpc) is 2.39. The molecule has 0 bridgehead atoms. The highest BCUT2D eigenvalue weighted by atomic mass is 32.2. The molecule has 0 saturated carbocycles. The summed E-state index contributed by atoms with van der Waals surface area (Å²) in [7, 11) is -1.30. The Morgan fingerprint density at radius 1 is 1.16 bits per heavy atom. The maximum absolute atomic E-state index is 11.9. The van der Waals surface area contributed by atoms with Crippen LogP contribution in [0.4, 0.5) is 0 Å². The van der Waals surface area contributed by atoms with Gasteiger partial charge in [-0.3, -0.25) is 4.90 Å². The first-order valence-electron chi connectivity index (χ1n) is 7.12. The number of hydrogen-bond acceptors (Lipinski definition) is 5. The number of piperidine rings is 1. The molecule has 108 valence electrons. The Bertz CT molecular complexity index is 480. The predicted octanol–water partition coefficient (Wildman–Crippen LogP) is 0.791. The molecular formula is C13H22N2O3S. The second kappa shape index (κ2) is 5.07. The van der Waals surface area contributed by atoms with Crippen LogP contribution in [0, 0.1) is 0 Å². The monoisotopic (exact) mass is 286 g/mol. The van der Waals surface area contributed by atoms with Gasteiger partial charge in [0.2, 0.25) is 0 Å². The van der Waals surface area contributed by atoms with E-state index in [0.29, 0.717) is 0 Å². The average molecular weight is 286 g/mol. The minimum absolute atomic E-state index is 0.0387. The summed E-state index contributed by atoms with van der Waals surface area (Å²) in [5.74, 6) is 0.847. The van der Waals surface area contributed by atoms with Crippen LogP contribution in [0.3, 0.4) is 0 Å². The highest BCUT2D eigenvalue weighted by Gasteiger charge is 2.38. The predicted molar refractivity (Wildman–Crippen MR) is 73.2 cm³/mol. The van der Waals surface area contributed by atoms with Crippen molar-refractivity contribution in [3.8, 4) is 0 Å². The Balaban J connectivity index is 1.90. The summed E-state index contributed by atoms with van der Waals surface area (Å²) in [5, 5.41) is 0. The molecule has 0 amide bonds. The van der Waals surface area contributed by atoms with Gasteiger partial charge in [0.25, 0.3) is 0 Å². The molecule has 5 nitrogen and oxygen atoms in total. The van der Waals surface area contributed by atoms with E-state index in [1.165, 1.54) is 24.8 Å². The minimum Gasteiger partial charge on any atom is -0.387 e. The van der Waals surface area contributed by atoms with Crippen molar-refractivity contribution in [2.75, 3.05) is 39.0 Å². The molecule has 0 aromatic carbocycles. The quantitative estimate of drug-likeness (QED) is 0.667. The summed E-state index contributed by atoms with van der Waals surface area (Å²) in [4.78, 5) is 4.59. The van der Waals surface area contributed by atoms with Crippen molar-refractivity contribution in [2.24, 2.45) is 0 Å². The Kier molecular flexibility index (Phi) is 3.57. The molecule has 0 radical (unpaired) electrons. The Hall–Kier alpha value is -0.590. The fraction of sp³-hybridized carbons (Fsp3) is 0.846. The molecule has 3 heterocycles. The molecule has 0 N–H and O–H groups in total. The van der Waals surface area contributed by atoms with Crippen LogP contribution < -0.4 is 0 Å². The third-order valence-corrected chi connectivity index (χ3v) is 5.52. The lowest BCUT2D eigenvalue weighted by atomic mass is 9.98. The Morgan fingerprint density at radius 3 is 2.63 bits per heavy atom. The SMILES string of the molecule is CN1CCC2=C(C1)C(N1CCCCC1)CS(=O)(=O)O2. The molecule has 1 unspecified atom stereocenters. The fourth-order valence-electron chi connectivity index (χ4n) is 3.33. The fourth-order valence-corrected chi connectivity index (χ4v) is 4.70. The van der Waals surface area contributed by atoms with E-state index < -0.39 is 10.1 Å². The van der Waals surface area contributed by atoms with Gasteiger partial charge in [-0.15, -0.1) is 0 Å². The molecule has 0 spiro atoms. The van der Waals surface area contributed by atoms with Crippen LogP contribution in [0.5, 0.6) is 0 Å². The lowest BCUT2D eigenvalue weighted by molar-refractivity contribution is 0.165. The van der Waals surface area contributed by atoms with E-state index in [1.807, 2.05) is 0 Å².